The van der Waals surface area contributed by atoms with Gasteiger partial charge in [-0.25, -0.2) is 9.59 Å². The van der Waals surface area contributed by atoms with Crippen molar-refractivity contribution in [1.29, 1.82) is 0 Å². The number of thioether (sulfide) groups is 1. The average molecular weight is 441 g/mol. The Morgan fingerprint density at radius 1 is 1.48 bits per heavy atom. The number of ether oxygens (including phenoxy) is 2. The summed E-state index contributed by atoms with van der Waals surface area (Å²) >= 11 is 2.61. The van der Waals surface area contributed by atoms with E-state index in [2.05, 4.69) is 5.32 Å². The van der Waals surface area contributed by atoms with Crippen LogP contribution >= 0.6 is 23.1 Å². The molecule has 4 N–H and O–H groups in total. The lowest BCUT2D eigenvalue weighted by Gasteiger charge is -2.56. The minimum atomic E-state index is -1.67. The van der Waals surface area contributed by atoms with E-state index in [1.54, 1.807) is 6.07 Å². The lowest BCUT2D eigenvalue weighted by Crippen LogP contribution is -2.80. The fraction of sp³-hybridized carbons (Fsp3) is 0.412. The predicted molar refractivity (Wildman–Crippen MR) is 104 cm³/mol. The maximum atomic E-state index is 12.9. The molecule has 3 amide bonds. The summed E-state index contributed by atoms with van der Waals surface area (Å²) in [6, 6.07) is 3.61. The normalized spacial score (nSPS) is 24.4. The van der Waals surface area contributed by atoms with Gasteiger partial charge in [0.25, 0.3) is 11.6 Å². The van der Waals surface area contributed by atoms with Gasteiger partial charge in [-0.1, -0.05) is 6.07 Å². The van der Waals surface area contributed by atoms with Crippen LogP contribution in [0.1, 0.15) is 11.8 Å². The van der Waals surface area contributed by atoms with Gasteiger partial charge in [0, 0.05) is 23.3 Å². The summed E-state index contributed by atoms with van der Waals surface area (Å²) in [5.74, 6) is -2.33. The SMILES string of the molecule is CO[C@@]1(NC(=O)Cc2cccs2)C(=O)N2C(C(=O)O)=C(C(C)OC(N)=O)CS[C@H]21. The smallest absolute Gasteiger partial charge is 0.405 e. The summed E-state index contributed by atoms with van der Waals surface area (Å²) in [6.45, 7) is 1.47. The van der Waals surface area contributed by atoms with E-state index in [9.17, 15) is 24.3 Å². The van der Waals surface area contributed by atoms with Crippen LogP contribution in [0, 0.1) is 0 Å². The number of β-lactam (4-membered cyclic amide) rings is 1. The summed E-state index contributed by atoms with van der Waals surface area (Å²) < 4.78 is 10.3. The number of rotatable bonds is 7. The zero-order chi connectivity index (χ0) is 21.3. The number of carboxylic acid groups (broad SMARTS) is 1. The zero-order valence-corrected chi connectivity index (χ0v) is 17.2. The van der Waals surface area contributed by atoms with Crippen LogP contribution in [-0.2, 0) is 30.3 Å². The number of hydrogen-bond donors (Lipinski definition) is 3. The van der Waals surface area contributed by atoms with Crippen molar-refractivity contribution < 1.29 is 33.8 Å². The summed E-state index contributed by atoms with van der Waals surface area (Å²) in [7, 11) is 1.28. The maximum absolute atomic E-state index is 12.9. The Bertz CT molecular complexity index is 886. The quantitative estimate of drug-likeness (QED) is 0.409. The molecule has 0 radical (unpaired) electrons. The van der Waals surface area contributed by atoms with E-state index in [1.165, 1.54) is 37.1 Å². The topological polar surface area (TPSA) is 148 Å². The van der Waals surface area contributed by atoms with E-state index < -0.39 is 41.1 Å². The monoisotopic (exact) mass is 441 g/mol. The number of methoxy groups -OCH3 is 1. The van der Waals surface area contributed by atoms with E-state index >= 15 is 0 Å². The molecule has 1 aromatic rings. The van der Waals surface area contributed by atoms with Crippen LogP contribution in [0.3, 0.4) is 0 Å². The van der Waals surface area contributed by atoms with Crippen molar-refractivity contribution in [1.82, 2.24) is 10.2 Å². The molecule has 0 saturated carbocycles. The van der Waals surface area contributed by atoms with Crippen molar-refractivity contribution in [3.8, 4) is 0 Å². The van der Waals surface area contributed by atoms with Gasteiger partial charge in [0.15, 0.2) is 0 Å². The van der Waals surface area contributed by atoms with Crippen LogP contribution in [0.2, 0.25) is 0 Å². The first-order valence-electron chi connectivity index (χ1n) is 8.47. The van der Waals surface area contributed by atoms with Crippen molar-refractivity contribution >= 4 is 47.0 Å². The highest BCUT2D eigenvalue weighted by atomic mass is 32.2. The highest BCUT2D eigenvalue weighted by Crippen LogP contribution is 2.47. The molecule has 1 saturated heterocycles. The van der Waals surface area contributed by atoms with Crippen LogP contribution in [0.15, 0.2) is 28.8 Å². The summed E-state index contributed by atoms with van der Waals surface area (Å²) in [5, 5.41) is 13.3. The molecule has 29 heavy (non-hydrogen) atoms. The molecule has 2 aliphatic heterocycles. The number of nitrogens with two attached hydrogens (primary N) is 1. The Morgan fingerprint density at radius 3 is 2.76 bits per heavy atom. The molecule has 0 aromatic carbocycles. The van der Waals surface area contributed by atoms with Gasteiger partial charge in [-0.05, 0) is 18.4 Å². The van der Waals surface area contributed by atoms with E-state index in [0.29, 0.717) is 0 Å². The number of primary amides is 1. The number of aliphatic carboxylic acids is 1. The Morgan fingerprint density at radius 2 is 2.21 bits per heavy atom. The van der Waals surface area contributed by atoms with Gasteiger partial charge in [-0.2, -0.15) is 0 Å². The van der Waals surface area contributed by atoms with Crippen LogP contribution in [-0.4, -0.2) is 63.9 Å². The van der Waals surface area contributed by atoms with Crippen molar-refractivity contribution in [2.75, 3.05) is 12.9 Å². The molecule has 0 bridgehead atoms. The molecule has 156 valence electrons. The van der Waals surface area contributed by atoms with E-state index in [1.807, 2.05) is 11.4 Å². The average Bonchev–Trinajstić information content (AvgIpc) is 3.16. The molecule has 2 aliphatic rings. The molecule has 10 nitrogen and oxygen atoms in total. The van der Waals surface area contributed by atoms with Crippen molar-refractivity contribution in [2.45, 2.75) is 30.5 Å². The third-order valence-corrected chi connectivity index (χ3v) is 6.82. The molecule has 1 unspecified atom stereocenters. The first kappa shape index (κ1) is 21.1. The molecular formula is C17H19N3O7S2. The van der Waals surface area contributed by atoms with Crippen LogP contribution in [0.4, 0.5) is 4.79 Å². The molecule has 3 rings (SSSR count). The van der Waals surface area contributed by atoms with Crippen molar-refractivity contribution in [3.63, 3.8) is 0 Å². The Balaban J connectivity index is 1.85. The van der Waals surface area contributed by atoms with Gasteiger partial charge in [-0.15, -0.1) is 23.1 Å². The molecule has 0 spiro atoms. The number of carbonyl (C=O) groups excluding carboxylic acids is 3. The van der Waals surface area contributed by atoms with Gasteiger partial charge < -0.3 is 25.6 Å². The van der Waals surface area contributed by atoms with Crippen molar-refractivity contribution in [2.24, 2.45) is 5.73 Å². The Hall–Kier alpha value is -2.57. The van der Waals surface area contributed by atoms with Gasteiger partial charge in [-0.3, -0.25) is 14.5 Å². The van der Waals surface area contributed by atoms with E-state index in [0.717, 1.165) is 9.78 Å². The molecule has 3 heterocycles. The number of amides is 3. The summed E-state index contributed by atoms with van der Waals surface area (Å²) in [4.78, 5) is 50.1. The number of thiophene rings is 1. The minimum Gasteiger partial charge on any atom is -0.477 e. The standard InChI is InChI=1S/C17H19N3O7S2/c1-8(27-16(18)25)10-7-29-15-17(26-2,14(24)20(15)12(10)13(22)23)19-11(21)6-9-4-3-5-28-9/h3-5,8,15H,6-7H2,1-2H3,(H2,18,25)(H,19,21)(H,22,23)/t8?,15-,17-/m0/s1. The Kier molecular flexibility index (Phi) is 5.87. The Labute approximate surface area is 174 Å². The first-order chi connectivity index (χ1) is 13.7. The fourth-order valence-corrected chi connectivity index (χ4v) is 5.54. The lowest BCUT2D eigenvalue weighted by atomic mass is 9.96. The third-order valence-electron chi connectivity index (χ3n) is 4.61. The second-order valence-corrected chi connectivity index (χ2v) is 8.44. The largest absolute Gasteiger partial charge is 0.477 e. The van der Waals surface area contributed by atoms with Crippen molar-refractivity contribution in [3.05, 3.63) is 33.7 Å². The first-order valence-corrected chi connectivity index (χ1v) is 10.4. The number of nitrogens with one attached hydrogen (secondary N) is 1. The van der Waals surface area contributed by atoms with E-state index in [-0.39, 0.29) is 23.4 Å². The molecule has 0 aliphatic carbocycles. The number of nitrogens with zero attached hydrogens (tertiary/aromatic N) is 1. The van der Waals surface area contributed by atoms with Crippen LogP contribution in [0.5, 0.6) is 0 Å². The fourth-order valence-electron chi connectivity index (χ4n) is 3.28. The number of hydrogen-bond acceptors (Lipinski definition) is 8. The number of carbonyl (C=O) groups is 4. The predicted octanol–water partition coefficient (Wildman–Crippen LogP) is 0.487. The minimum absolute atomic E-state index is 0.0732. The van der Waals surface area contributed by atoms with Crippen LogP contribution < -0.4 is 11.1 Å². The second-order valence-electron chi connectivity index (χ2n) is 6.34. The third kappa shape index (κ3) is 3.70. The van der Waals surface area contributed by atoms with Crippen LogP contribution in [0.25, 0.3) is 0 Å². The maximum Gasteiger partial charge on any atom is 0.405 e. The molecular weight excluding hydrogens is 422 g/mol. The molecule has 12 heteroatoms. The second kappa shape index (κ2) is 8.05. The lowest BCUT2D eigenvalue weighted by molar-refractivity contribution is -0.192. The summed E-state index contributed by atoms with van der Waals surface area (Å²) in [6.07, 6.45) is -1.90. The highest BCUT2D eigenvalue weighted by molar-refractivity contribution is 8.00. The number of fused-ring (bicyclic) bond motifs is 1. The highest BCUT2D eigenvalue weighted by Gasteiger charge is 2.66. The van der Waals surface area contributed by atoms with Gasteiger partial charge in [0.05, 0.1) is 6.42 Å². The summed E-state index contributed by atoms with van der Waals surface area (Å²) in [5.41, 5.74) is 3.29. The molecule has 1 fully saturated rings. The molecule has 3 atom stereocenters. The van der Waals surface area contributed by atoms with Gasteiger partial charge >= 0.3 is 12.1 Å². The van der Waals surface area contributed by atoms with E-state index in [4.69, 9.17) is 15.2 Å². The molecule has 1 aromatic heterocycles. The van der Waals surface area contributed by atoms with Gasteiger partial charge in [0.2, 0.25) is 5.91 Å². The number of carboxylic acids is 1. The zero-order valence-electron chi connectivity index (χ0n) is 15.5. The van der Waals surface area contributed by atoms with Gasteiger partial charge in [0.1, 0.15) is 17.2 Å².